The van der Waals surface area contributed by atoms with Gasteiger partial charge in [0.05, 0.1) is 28.8 Å². The molecule has 0 aliphatic carbocycles. The minimum absolute atomic E-state index is 0.0777. The number of benzene rings is 2. The van der Waals surface area contributed by atoms with Crippen LogP contribution in [0.15, 0.2) is 42.5 Å². The third kappa shape index (κ3) is 4.10. The lowest BCUT2D eigenvalue weighted by atomic mass is 10.1. The molecular weight excluding hydrogens is 476 g/mol. The largest absolute Gasteiger partial charge is 0.312 e. The molecule has 1 aromatic heterocycles. The van der Waals surface area contributed by atoms with Gasteiger partial charge in [0.1, 0.15) is 5.82 Å². The molecule has 176 valence electrons. The summed E-state index contributed by atoms with van der Waals surface area (Å²) in [4.78, 5) is 27.6. The highest BCUT2D eigenvalue weighted by atomic mass is 35.5. The molecule has 2 amide bonds. The number of rotatable bonds is 4. The maximum Gasteiger partial charge on any atom is 0.230 e. The highest BCUT2D eigenvalue weighted by molar-refractivity contribution is 7.90. The summed E-state index contributed by atoms with van der Waals surface area (Å²) < 4.78 is 25.9. The number of nitrogens with zero attached hydrogens (tertiary/aromatic N) is 3. The highest BCUT2D eigenvalue weighted by Gasteiger charge is 2.38. The summed E-state index contributed by atoms with van der Waals surface area (Å²) in [5.74, 6) is -1.08. The van der Waals surface area contributed by atoms with Crippen molar-refractivity contribution in [2.45, 2.75) is 31.8 Å². The van der Waals surface area contributed by atoms with Gasteiger partial charge in [-0.2, -0.15) is 5.10 Å². The van der Waals surface area contributed by atoms with Crippen LogP contribution in [0.2, 0.25) is 5.02 Å². The predicted octanol–water partition coefficient (Wildman–Crippen LogP) is 3.56. The van der Waals surface area contributed by atoms with Crippen LogP contribution < -0.4 is 10.2 Å². The monoisotopic (exact) mass is 498 g/mol. The van der Waals surface area contributed by atoms with Crippen molar-refractivity contribution < 1.29 is 18.0 Å². The van der Waals surface area contributed by atoms with Crippen LogP contribution in [0.4, 0.5) is 11.5 Å². The number of halogens is 1. The first-order chi connectivity index (χ1) is 16.1. The zero-order chi connectivity index (χ0) is 24.2. The van der Waals surface area contributed by atoms with Crippen molar-refractivity contribution >= 4 is 44.8 Å². The van der Waals surface area contributed by atoms with Gasteiger partial charge in [0.2, 0.25) is 11.8 Å². The second-order valence-electron chi connectivity index (χ2n) is 8.86. The summed E-state index contributed by atoms with van der Waals surface area (Å²) in [6, 6.07) is 12.7. The summed E-state index contributed by atoms with van der Waals surface area (Å²) in [6.07, 6.45) is 0.0777. The fourth-order valence-electron chi connectivity index (χ4n) is 4.38. The minimum Gasteiger partial charge on any atom is -0.312 e. The van der Waals surface area contributed by atoms with Crippen molar-refractivity contribution in [1.29, 1.82) is 0 Å². The first kappa shape index (κ1) is 22.6. The van der Waals surface area contributed by atoms with E-state index in [0.29, 0.717) is 27.8 Å². The zero-order valence-electron chi connectivity index (χ0n) is 18.7. The molecule has 10 heteroatoms. The van der Waals surface area contributed by atoms with Gasteiger partial charge >= 0.3 is 0 Å². The third-order valence-electron chi connectivity index (χ3n) is 6.40. The van der Waals surface area contributed by atoms with E-state index in [9.17, 15) is 18.0 Å². The van der Waals surface area contributed by atoms with Crippen LogP contribution in [0.25, 0.3) is 5.69 Å². The van der Waals surface area contributed by atoms with Gasteiger partial charge in [-0.05, 0) is 61.4 Å². The lowest BCUT2D eigenvalue weighted by Crippen LogP contribution is -2.29. The fourth-order valence-corrected chi connectivity index (χ4v) is 6.00. The van der Waals surface area contributed by atoms with Gasteiger partial charge in [0, 0.05) is 29.2 Å². The molecule has 3 heterocycles. The number of aromatic nitrogens is 2. The Morgan fingerprint density at radius 2 is 1.76 bits per heavy atom. The topological polar surface area (TPSA) is 101 Å². The Morgan fingerprint density at radius 3 is 2.47 bits per heavy atom. The van der Waals surface area contributed by atoms with E-state index in [4.69, 9.17) is 11.6 Å². The van der Waals surface area contributed by atoms with E-state index in [1.807, 2.05) is 32.0 Å². The minimum atomic E-state index is -3.32. The van der Waals surface area contributed by atoms with Crippen molar-refractivity contribution in [3.63, 3.8) is 0 Å². The Morgan fingerprint density at radius 1 is 1.06 bits per heavy atom. The van der Waals surface area contributed by atoms with Gasteiger partial charge in [-0.1, -0.05) is 17.7 Å². The predicted molar refractivity (Wildman–Crippen MR) is 130 cm³/mol. The molecule has 1 fully saturated rings. The lowest BCUT2D eigenvalue weighted by molar-refractivity contribution is -0.122. The number of anilines is 2. The maximum atomic E-state index is 13.3. The molecule has 3 aromatic rings. The number of hydrogen-bond acceptors (Lipinski definition) is 5. The molecule has 8 nitrogen and oxygen atoms in total. The molecular formula is C24H23ClN4O4S. The van der Waals surface area contributed by atoms with Crippen LogP contribution in [0.5, 0.6) is 0 Å². The van der Waals surface area contributed by atoms with Crippen LogP contribution in [0.1, 0.15) is 28.8 Å². The van der Waals surface area contributed by atoms with E-state index >= 15 is 0 Å². The molecule has 1 N–H and O–H groups in total. The van der Waals surface area contributed by atoms with Gasteiger partial charge in [0.25, 0.3) is 0 Å². The molecule has 2 aliphatic rings. The molecule has 0 spiro atoms. The van der Waals surface area contributed by atoms with Crippen LogP contribution in [0.3, 0.4) is 0 Å². The molecule has 0 bridgehead atoms. The summed E-state index contributed by atoms with van der Waals surface area (Å²) >= 11 is 6.00. The van der Waals surface area contributed by atoms with Crippen LogP contribution in [-0.2, 0) is 30.9 Å². The SMILES string of the molecule is Cc1ccc(N2CC(C(=O)Nc3c4c(nn3-c3ccc(Cl)cc3)CS(=O)(=O)C4)CC2=O)cc1C. The first-order valence-electron chi connectivity index (χ1n) is 10.9. The highest BCUT2D eigenvalue weighted by Crippen LogP contribution is 2.34. The number of sulfone groups is 1. The van der Waals surface area contributed by atoms with E-state index in [2.05, 4.69) is 10.4 Å². The number of amides is 2. The molecule has 0 radical (unpaired) electrons. The third-order valence-corrected chi connectivity index (χ3v) is 8.09. The summed E-state index contributed by atoms with van der Waals surface area (Å²) in [5.41, 5.74) is 4.52. The number of aryl methyl sites for hydroxylation is 2. The van der Waals surface area contributed by atoms with Crippen molar-refractivity contribution in [3.8, 4) is 5.69 Å². The van der Waals surface area contributed by atoms with E-state index in [1.54, 1.807) is 29.2 Å². The number of carbonyl (C=O) groups is 2. The number of nitrogens with one attached hydrogen (secondary N) is 1. The number of hydrogen-bond donors (Lipinski definition) is 1. The van der Waals surface area contributed by atoms with Gasteiger partial charge in [-0.15, -0.1) is 0 Å². The molecule has 34 heavy (non-hydrogen) atoms. The Balaban J connectivity index is 1.43. The molecule has 2 aromatic carbocycles. The van der Waals surface area contributed by atoms with Gasteiger partial charge < -0.3 is 10.2 Å². The van der Waals surface area contributed by atoms with E-state index < -0.39 is 15.8 Å². The van der Waals surface area contributed by atoms with Crippen molar-refractivity contribution in [2.75, 3.05) is 16.8 Å². The van der Waals surface area contributed by atoms with Crippen molar-refractivity contribution in [3.05, 3.63) is 69.9 Å². The summed E-state index contributed by atoms with van der Waals surface area (Å²) in [6.45, 7) is 4.24. The molecule has 1 atom stereocenters. The van der Waals surface area contributed by atoms with Crippen molar-refractivity contribution in [2.24, 2.45) is 5.92 Å². The molecule has 2 aliphatic heterocycles. The molecule has 0 saturated carbocycles. The lowest BCUT2D eigenvalue weighted by Gasteiger charge is -2.18. The molecule has 1 unspecified atom stereocenters. The second kappa shape index (κ2) is 8.25. The van der Waals surface area contributed by atoms with Crippen molar-refractivity contribution in [1.82, 2.24) is 9.78 Å². The Labute approximate surface area is 202 Å². The summed E-state index contributed by atoms with van der Waals surface area (Å²) in [7, 11) is -3.32. The average Bonchev–Trinajstić information content (AvgIpc) is 3.41. The standard InChI is InChI=1S/C24H23ClN4O4S/c1-14-3-6-19(9-15(14)2)28-11-16(10-22(28)30)24(31)26-23-20-12-34(32,33)13-21(20)27-29(23)18-7-4-17(25)5-8-18/h3-9,16H,10-13H2,1-2H3,(H,26,31). The maximum absolute atomic E-state index is 13.3. The van der Waals surface area contributed by atoms with Crippen LogP contribution >= 0.6 is 11.6 Å². The second-order valence-corrected chi connectivity index (χ2v) is 11.4. The number of fused-ring (bicyclic) bond motifs is 1. The molecule has 5 rings (SSSR count). The zero-order valence-corrected chi connectivity index (χ0v) is 20.3. The molecule has 1 saturated heterocycles. The Bertz CT molecular complexity index is 1430. The van der Waals surface area contributed by atoms with Gasteiger partial charge in [-0.25, -0.2) is 13.1 Å². The van der Waals surface area contributed by atoms with Crippen LogP contribution in [0, 0.1) is 19.8 Å². The smallest absolute Gasteiger partial charge is 0.230 e. The first-order valence-corrected chi connectivity index (χ1v) is 13.1. The van der Waals surface area contributed by atoms with Gasteiger partial charge in [-0.3, -0.25) is 9.59 Å². The van der Waals surface area contributed by atoms with E-state index in [-0.39, 0.29) is 36.3 Å². The number of carbonyl (C=O) groups excluding carboxylic acids is 2. The van der Waals surface area contributed by atoms with Crippen LogP contribution in [-0.4, -0.2) is 36.6 Å². The van der Waals surface area contributed by atoms with Gasteiger partial charge in [0.15, 0.2) is 9.84 Å². The fraction of sp³-hybridized carbons (Fsp3) is 0.292. The summed E-state index contributed by atoms with van der Waals surface area (Å²) in [5, 5.41) is 7.89. The Kier molecular flexibility index (Phi) is 5.49. The van der Waals surface area contributed by atoms with E-state index in [1.165, 1.54) is 4.68 Å². The quantitative estimate of drug-likeness (QED) is 0.592. The normalized spacial score (nSPS) is 18.9. The van der Waals surface area contributed by atoms with E-state index in [0.717, 1.165) is 16.8 Å². The Hall–Kier alpha value is -3.17. The average molecular weight is 499 g/mol.